The minimum atomic E-state index is -0.503. The number of rotatable bonds is 10. The second kappa shape index (κ2) is 14.8. The van der Waals surface area contributed by atoms with Crippen LogP contribution >= 0.6 is 0 Å². The zero-order valence-electron chi connectivity index (χ0n) is 30.4. The minimum absolute atomic E-state index is 0.0308. The van der Waals surface area contributed by atoms with Gasteiger partial charge in [0.15, 0.2) is 0 Å². The standard InChI is InChI=1S/C45H44N4O5/c1-30(31-10-4-2-5-11-31)43(52)48-28-8-14-37(48)41(50)46-35-20-16-32(17-21-35)39-24-25-40(54-39)33-18-22-36(23-19-33)47-42(51)38-15-9-29-49(38)44(53)45(26-27-45)34-12-6-3-7-13-34/h2-7,10-13,16-25,30,37-38H,8-9,14-15,26-29H2,1H3,(H,46,50)(H,47,51)/t30-,37+,38?/m1/s1. The third-order valence-electron chi connectivity index (χ3n) is 11.3. The largest absolute Gasteiger partial charge is 0.456 e. The summed E-state index contributed by atoms with van der Waals surface area (Å²) in [4.78, 5) is 57.3. The highest BCUT2D eigenvalue weighted by molar-refractivity contribution is 6.01. The fraction of sp³-hybridized carbons (Fsp3) is 0.289. The first kappa shape index (κ1) is 35.1. The number of hydrogen-bond acceptors (Lipinski definition) is 5. The van der Waals surface area contributed by atoms with Gasteiger partial charge in [0.25, 0.3) is 0 Å². The maximum atomic E-state index is 13.7. The molecule has 2 aliphatic heterocycles. The number of carbonyl (C=O) groups is 4. The lowest BCUT2D eigenvalue weighted by Crippen LogP contribution is -2.47. The van der Waals surface area contributed by atoms with Gasteiger partial charge < -0.3 is 24.9 Å². The minimum Gasteiger partial charge on any atom is -0.456 e. The molecule has 1 unspecified atom stereocenters. The molecule has 2 N–H and O–H groups in total. The molecule has 3 atom stereocenters. The number of carbonyl (C=O) groups excluding carboxylic acids is 4. The van der Waals surface area contributed by atoms with E-state index in [-0.39, 0.29) is 29.5 Å². The predicted octanol–water partition coefficient (Wildman–Crippen LogP) is 8.01. The number of furan rings is 1. The molecule has 3 aliphatic rings. The van der Waals surface area contributed by atoms with E-state index in [1.165, 1.54) is 0 Å². The Hall–Kier alpha value is -5.96. The second-order valence-electron chi connectivity index (χ2n) is 14.7. The Kier molecular flexibility index (Phi) is 9.63. The second-order valence-corrected chi connectivity index (χ2v) is 14.7. The Morgan fingerprint density at radius 2 is 1.11 bits per heavy atom. The molecule has 1 aromatic heterocycles. The molecule has 1 saturated carbocycles. The fourth-order valence-electron chi connectivity index (χ4n) is 8.04. The topological polar surface area (TPSA) is 112 Å². The van der Waals surface area contributed by atoms with E-state index in [0.717, 1.165) is 47.9 Å². The van der Waals surface area contributed by atoms with Crippen molar-refractivity contribution in [3.05, 3.63) is 132 Å². The summed E-state index contributed by atoms with van der Waals surface area (Å²) < 4.78 is 6.21. The van der Waals surface area contributed by atoms with Crippen molar-refractivity contribution in [2.24, 2.45) is 0 Å². The van der Waals surface area contributed by atoms with Crippen molar-refractivity contribution in [3.63, 3.8) is 0 Å². The molecule has 0 spiro atoms. The molecule has 9 nitrogen and oxygen atoms in total. The Balaban J connectivity index is 0.865. The third-order valence-corrected chi connectivity index (χ3v) is 11.3. The zero-order chi connectivity index (χ0) is 37.2. The number of amides is 4. The van der Waals surface area contributed by atoms with Gasteiger partial charge in [0, 0.05) is 35.6 Å². The maximum absolute atomic E-state index is 13.7. The lowest BCUT2D eigenvalue weighted by atomic mass is 9.94. The van der Waals surface area contributed by atoms with E-state index in [0.29, 0.717) is 48.8 Å². The van der Waals surface area contributed by atoms with Crippen LogP contribution in [0.5, 0.6) is 0 Å². The summed E-state index contributed by atoms with van der Waals surface area (Å²) in [5.41, 5.74) is 4.51. The van der Waals surface area contributed by atoms with E-state index in [9.17, 15) is 19.2 Å². The van der Waals surface area contributed by atoms with E-state index in [4.69, 9.17) is 4.42 Å². The van der Waals surface area contributed by atoms with Gasteiger partial charge in [-0.2, -0.15) is 0 Å². The molecule has 5 aromatic rings. The SMILES string of the molecule is C[C@@H](C(=O)N1CCC[C@H]1C(=O)Nc1ccc(-c2ccc(-c3ccc(NC(=O)C4CCCN4C(=O)C4(c5ccccc5)CC4)cc3)o2)cc1)c1ccccc1. The molecule has 9 heteroatoms. The molecular formula is C45H44N4O5. The van der Waals surface area contributed by atoms with Crippen LogP contribution in [-0.4, -0.2) is 58.6 Å². The van der Waals surface area contributed by atoms with Crippen LogP contribution < -0.4 is 10.6 Å². The molecule has 4 aromatic carbocycles. The molecule has 0 bridgehead atoms. The van der Waals surface area contributed by atoms with Crippen LogP contribution in [0.15, 0.2) is 126 Å². The number of hydrogen-bond donors (Lipinski definition) is 2. The van der Waals surface area contributed by atoms with Crippen molar-refractivity contribution in [1.82, 2.24) is 9.80 Å². The normalized spacial score (nSPS) is 19.3. The lowest BCUT2D eigenvalue weighted by molar-refractivity contribution is -0.138. The van der Waals surface area contributed by atoms with Crippen LogP contribution in [0.25, 0.3) is 22.6 Å². The van der Waals surface area contributed by atoms with Crippen LogP contribution in [0, 0.1) is 0 Å². The van der Waals surface area contributed by atoms with E-state index in [1.807, 2.05) is 128 Å². The molecule has 2 saturated heterocycles. The van der Waals surface area contributed by atoms with Crippen molar-refractivity contribution in [2.75, 3.05) is 23.7 Å². The van der Waals surface area contributed by atoms with Gasteiger partial charge in [0.2, 0.25) is 23.6 Å². The van der Waals surface area contributed by atoms with E-state index >= 15 is 0 Å². The zero-order valence-corrected chi connectivity index (χ0v) is 30.4. The molecule has 274 valence electrons. The third kappa shape index (κ3) is 6.94. The summed E-state index contributed by atoms with van der Waals surface area (Å²) in [6.07, 6.45) is 4.52. The number of likely N-dealkylation sites (tertiary alicyclic amines) is 2. The van der Waals surface area contributed by atoms with Gasteiger partial charge in [-0.05, 0) is 117 Å². The van der Waals surface area contributed by atoms with Crippen molar-refractivity contribution in [1.29, 1.82) is 0 Å². The van der Waals surface area contributed by atoms with Crippen LogP contribution in [-0.2, 0) is 24.6 Å². The van der Waals surface area contributed by atoms with Gasteiger partial charge in [-0.3, -0.25) is 19.2 Å². The smallest absolute Gasteiger partial charge is 0.247 e. The average Bonchev–Trinajstić information content (AvgIpc) is 3.56. The molecular weight excluding hydrogens is 677 g/mol. The average molecular weight is 721 g/mol. The van der Waals surface area contributed by atoms with Gasteiger partial charge in [0.1, 0.15) is 23.6 Å². The van der Waals surface area contributed by atoms with E-state index < -0.39 is 17.5 Å². The Labute approximate surface area is 315 Å². The van der Waals surface area contributed by atoms with Gasteiger partial charge >= 0.3 is 0 Å². The molecule has 54 heavy (non-hydrogen) atoms. The van der Waals surface area contributed by atoms with Crippen LogP contribution in [0.4, 0.5) is 11.4 Å². The summed E-state index contributed by atoms with van der Waals surface area (Å²) in [5.74, 6) is 0.727. The number of nitrogens with zero attached hydrogens (tertiary/aromatic N) is 2. The van der Waals surface area contributed by atoms with Gasteiger partial charge in [0.05, 0.1) is 11.3 Å². The van der Waals surface area contributed by atoms with Crippen molar-refractivity contribution < 1.29 is 23.6 Å². The lowest BCUT2D eigenvalue weighted by Gasteiger charge is -2.28. The van der Waals surface area contributed by atoms with Crippen LogP contribution in [0.2, 0.25) is 0 Å². The van der Waals surface area contributed by atoms with Crippen LogP contribution in [0.3, 0.4) is 0 Å². The predicted molar refractivity (Wildman–Crippen MR) is 209 cm³/mol. The van der Waals surface area contributed by atoms with Gasteiger partial charge in [-0.15, -0.1) is 0 Å². The van der Waals surface area contributed by atoms with Crippen molar-refractivity contribution in [2.45, 2.75) is 68.9 Å². The molecule has 3 heterocycles. The Morgan fingerprint density at radius 1 is 0.630 bits per heavy atom. The number of nitrogens with one attached hydrogen (secondary N) is 2. The van der Waals surface area contributed by atoms with E-state index in [2.05, 4.69) is 10.6 Å². The summed E-state index contributed by atoms with van der Waals surface area (Å²) in [6, 6.07) is 37.4. The van der Waals surface area contributed by atoms with E-state index in [1.54, 1.807) is 9.80 Å². The summed E-state index contributed by atoms with van der Waals surface area (Å²) in [6.45, 7) is 3.06. The summed E-state index contributed by atoms with van der Waals surface area (Å²) in [5, 5.41) is 6.04. The van der Waals surface area contributed by atoms with Crippen molar-refractivity contribution in [3.8, 4) is 22.6 Å². The number of anilines is 2. The first-order chi connectivity index (χ1) is 26.3. The molecule has 4 amide bonds. The maximum Gasteiger partial charge on any atom is 0.247 e. The highest BCUT2D eigenvalue weighted by Crippen LogP contribution is 2.50. The first-order valence-electron chi connectivity index (χ1n) is 19.0. The molecule has 8 rings (SSSR count). The highest BCUT2D eigenvalue weighted by Gasteiger charge is 2.55. The molecule has 3 fully saturated rings. The van der Waals surface area contributed by atoms with Crippen molar-refractivity contribution >= 4 is 35.0 Å². The molecule has 1 aliphatic carbocycles. The van der Waals surface area contributed by atoms with Gasteiger partial charge in [-0.1, -0.05) is 60.7 Å². The molecule has 0 radical (unpaired) electrons. The monoisotopic (exact) mass is 720 g/mol. The summed E-state index contributed by atoms with van der Waals surface area (Å²) in [7, 11) is 0. The number of benzene rings is 4. The summed E-state index contributed by atoms with van der Waals surface area (Å²) >= 11 is 0. The fourth-order valence-corrected chi connectivity index (χ4v) is 8.04. The van der Waals surface area contributed by atoms with Gasteiger partial charge in [-0.25, -0.2) is 0 Å². The Morgan fingerprint density at radius 3 is 1.63 bits per heavy atom. The highest BCUT2D eigenvalue weighted by atomic mass is 16.3. The van der Waals surface area contributed by atoms with Crippen LogP contribution in [0.1, 0.15) is 62.5 Å². The Bertz CT molecular complexity index is 2140. The first-order valence-corrected chi connectivity index (χ1v) is 19.0. The quantitative estimate of drug-likeness (QED) is 0.152.